The number of amides is 1. The maximum absolute atomic E-state index is 11.4. The molecular weight excluding hydrogens is 262 g/mol. The smallest absolute Gasteiger partial charge is 0.339 e. The number of carbonyl (C=O) groups is 2. The molecule has 0 aliphatic carbocycles. The predicted molar refractivity (Wildman–Crippen MR) is 73.3 cm³/mol. The number of aromatic carboxylic acids is 1. The lowest BCUT2D eigenvalue weighted by Gasteiger charge is -2.11. The van der Waals surface area contributed by atoms with Gasteiger partial charge in [0.25, 0.3) is 0 Å². The number of carboxylic acids is 1. The fraction of sp³-hybridized carbons (Fsp3) is 0.429. The number of hydrogen-bond donors (Lipinski definition) is 2. The van der Waals surface area contributed by atoms with E-state index < -0.39 is 5.97 Å². The summed E-state index contributed by atoms with van der Waals surface area (Å²) in [6, 6.07) is 4.57. The van der Waals surface area contributed by atoms with Gasteiger partial charge in [0.05, 0.1) is 20.1 Å². The van der Waals surface area contributed by atoms with Gasteiger partial charge in [0.2, 0.25) is 5.91 Å². The standard InChI is InChI=1S/C14H19NO5/c1-9(2)15-13(16)6-7-20-12-5-4-10(19-3)8-11(12)14(17)18/h4-5,8-9H,6-7H2,1-3H3,(H,15,16)(H,17,18). The molecule has 110 valence electrons. The molecule has 0 radical (unpaired) electrons. The Morgan fingerprint density at radius 3 is 2.60 bits per heavy atom. The zero-order valence-electron chi connectivity index (χ0n) is 11.8. The van der Waals surface area contributed by atoms with Gasteiger partial charge in [-0.3, -0.25) is 4.79 Å². The van der Waals surface area contributed by atoms with Crippen molar-refractivity contribution in [1.82, 2.24) is 5.32 Å². The minimum atomic E-state index is -1.11. The second-order valence-corrected chi connectivity index (χ2v) is 4.49. The molecule has 6 heteroatoms. The number of ether oxygens (including phenoxy) is 2. The molecule has 1 aromatic rings. The molecule has 0 heterocycles. The molecule has 0 saturated heterocycles. The van der Waals surface area contributed by atoms with Gasteiger partial charge >= 0.3 is 5.97 Å². The highest BCUT2D eigenvalue weighted by Crippen LogP contribution is 2.24. The van der Waals surface area contributed by atoms with Crippen LogP contribution in [-0.4, -0.2) is 36.7 Å². The van der Waals surface area contributed by atoms with Gasteiger partial charge in [0.1, 0.15) is 17.1 Å². The van der Waals surface area contributed by atoms with Crippen LogP contribution < -0.4 is 14.8 Å². The Labute approximate surface area is 117 Å². The first-order chi connectivity index (χ1) is 9.43. The van der Waals surface area contributed by atoms with Gasteiger partial charge in [-0.05, 0) is 32.0 Å². The van der Waals surface area contributed by atoms with Gasteiger partial charge in [-0.1, -0.05) is 0 Å². The van der Waals surface area contributed by atoms with E-state index in [9.17, 15) is 9.59 Å². The van der Waals surface area contributed by atoms with E-state index in [1.807, 2.05) is 13.8 Å². The molecule has 20 heavy (non-hydrogen) atoms. The van der Waals surface area contributed by atoms with Gasteiger partial charge in [-0.2, -0.15) is 0 Å². The highest BCUT2D eigenvalue weighted by atomic mass is 16.5. The Kier molecular flexibility index (Phi) is 5.83. The molecule has 0 unspecified atom stereocenters. The molecule has 2 N–H and O–H groups in total. The van der Waals surface area contributed by atoms with Gasteiger partial charge in [-0.15, -0.1) is 0 Å². The summed E-state index contributed by atoms with van der Waals surface area (Å²) in [5.74, 6) is -0.584. The summed E-state index contributed by atoms with van der Waals surface area (Å²) in [5, 5.41) is 11.8. The Morgan fingerprint density at radius 2 is 2.05 bits per heavy atom. The van der Waals surface area contributed by atoms with Gasteiger partial charge in [0, 0.05) is 6.04 Å². The van der Waals surface area contributed by atoms with Crippen LogP contribution in [-0.2, 0) is 4.79 Å². The third kappa shape index (κ3) is 4.79. The molecular formula is C14H19NO5. The van der Waals surface area contributed by atoms with Crippen LogP contribution in [0.15, 0.2) is 18.2 Å². The molecule has 0 aromatic heterocycles. The highest BCUT2D eigenvalue weighted by molar-refractivity contribution is 5.91. The van der Waals surface area contributed by atoms with E-state index in [0.29, 0.717) is 5.75 Å². The lowest BCUT2D eigenvalue weighted by molar-refractivity contribution is -0.122. The van der Waals surface area contributed by atoms with Crippen LogP contribution in [0.3, 0.4) is 0 Å². The lowest BCUT2D eigenvalue weighted by Crippen LogP contribution is -2.31. The summed E-state index contributed by atoms with van der Waals surface area (Å²) in [6.07, 6.45) is 0.170. The number of benzene rings is 1. The first kappa shape index (κ1) is 15.8. The summed E-state index contributed by atoms with van der Waals surface area (Å²) in [6.45, 7) is 3.85. The van der Waals surface area contributed by atoms with Crippen molar-refractivity contribution in [2.45, 2.75) is 26.3 Å². The van der Waals surface area contributed by atoms with E-state index in [1.54, 1.807) is 6.07 Å². The van der Waals surface area contributed by atoms with E-state index in [2.05, 4.69) is 5.32 Å². The number of nitrogens with one attached hydrogen (secondary N) is 1. The highest BCUT2D eigenvalue weighted by Gasteiger charge is 2.13. The van der Waals surface area contributed by atoms with Crippen LogP contribution in [0, 0.1) is 0 Å². The fourth-order valence-corrected chi connectivity index (χ4v) is 1.58. The fourth-order valence-electron chi connectivity index (χ4n) is 1.58. The summed E-state index contributed by atoms with van der Waals surface area (Å²) in [7, 11) is 1.46. The lowest BCUT2D eigenvalue weighted by atomic mass is 10.2. The van der Waals surface area contributed by atoms with E-state index in [4.69, 9.17) is 14.6 Å². The van der Waals surface area contributed by atoms with E-state index in [1.165, 1.54) is 19.2 Å². The van der Waals surface area contributed by atoms with Crippen molar-refractivity contribution in [2.75, 3.05) is 13.7 Å². The van der Waals surface area contributed by atoms with Gasteiger partial charge in [0.15, 0.2) is 0 Å². The molecule has 6 nitrogen and oxygen atoms in total. The Morgan fingerprint density at radius 1 is 1.35 bits per heavy atom. The molecule has 0 spiro atoms. The van der Waals surface area contributed by atoms with Crippen LogP contribution >= 0.6 is 0 Å². The maximum Gasteiger partial charge on any atom is 0.339 e. The van der Waals surface area contributed by atoms with Crippen molar-refractivity contribution in [3.05, 3.63) is 23.8 Å². The first-order valence-electron chi connectivity index (χ1n) is 6.27. The number of rotatable bonds is 7. The molecule has 0 atom stereocenters. The predicted octanol–water partition coefficient (Wildman–Crippen LogP) is 1.69. The van der Waals surface area contributed by atoms with Crippen molar-refractivity contribution >= 4 is 11.9 Å². The molecule has 1 amide bonds. The second-order valence-electron chi connectivity index (χ2n) is 4.49. The third-order valence-electron chi connectivity index (χ3n) is 2.45. The molecule has 0 saturated carbocycles. The summed E-state index contributed by atoms with van der Waals surface area (Å²) >= 11 is 0. The number of hydrogen-bond acceptors (Lipinski definition) is 4. The van der Waals surface area contributed by atoms with Crippen molar-refractivity contribution in [1.29, 1.82) is 0 Å². The van der Waals surface area contributed by atoms with Crippen molar-refractivity contribution in [2.24, 2.45) is 0 Å². The molecule has 1 aromatic carbocycles. The van der Waals surface area contributed by atoms with Crippen LogP contribution in [0.4, 0.5) is 0 Å². The summed E-state index contributed by atoms with van der Waals surface area (Å²) in [5.41, 5.74) is 0.00798. The molecule has 0 fully saturated rings. The molecule has 0 aliphatic heterocycles. The number of carbonyl (C=O) groups excluding carboxylic acids is 1. The van der Waals surface area contributed by atoms with Crippen LogP contribution in [0.5, 0.6) is 11.5 Å². The monoisotopic (exact) mass is 281 g/mol. The van der Waals surface area contributed by atoms with Crippen LogP contribution in [0.1, 0.15) is 30.6 Å². The van der Waals surface area contributed by atoms with E-state index in [0.717, 1.165) is 0 Å². The van der Waals surface area contributed by atoms with Gasteiger partial charge < -0.3 is 19.9 Å². The van der Waals surface area contributed by atoms with Crippen molar-refractivity contribution in [3.8, 4) is 11.5 Å². The van der Waals surface area contributed by atoms with E-state index >= 15 is 0 Å². The van der Waals surface area contributed by atoms with Crippen molar-refractivity contribution < 1.29 is 24.2 Å². The van der Waals surface area contributed by atoms with Crippen molar-refractivity contribution in [3.63, 3.8) is 0 Å². The minimum absolute atomic E-state index is 0.00798. The SMILES string of the molecule is COc1ccc(OCCC(=O)NC(C)C)c(C(=O)O)c1. The normalized spacial score (nSPS) is 10.2. The van der Waals surface area contributed by atoms with Gasteiger partial charge in [-0.25, -0.2) is 4.79 Å². The topological polar surface area (TPSA) is 84.9 Å². The Balaban J connectivity index is 2.64. The minimum Gasteiger partial charge on any atom is -0.497 e. The van der Waals surface area contributed by atoms with Crippen LogP contribution in [0.2, 0.25) is 0 Å². The first-order valence-corrected chi connectivity index (χ1v) is 6.27. The second kappa shape index (κ2) is 7.37. The number of carboxylic acid groups (broad SMARTS) is 1. The Hall–Kier alpha value is -2.24. The average molecular weight is 281 g/mol. The largest absolute Gasteiger partial charge is 0.497 e. The summed E-state index contributed by atoms with van der Waals surface area (Å²) < 4.78 is 10.3. The zero-order valence-corrected chi connectivity index (χ0v) is 11.8. The molecule has 0 bridgehead atoms. The average Bonchev–Trinajstić information content (AvgIpc) is 2.37. The van der Waals surface area contributed by atoms with E-state index in [-0.39, 0.29) is 36.3 Å². The Bertz CT molecular complexity index is 484. The molecule has 0 aliphatic rings. The maximum atomic E-state index is 11.4. The summed E-state index contributed by atoms with van der Waals surface area (Å²) in [4.78, 5) is 22.6. The molecule has 1 rings (SSSR count). The quantitative estimate of drug-likeness (QED) is 0.794. The number of methoxy groups -OCH3 is 1. The zero-order chi connectivity index (χ0) is 15.1. The third-order valence-corrected chi connectivity index (χ3v) is 2.45. The van der Waals surface area contributed by atoms with Crippen LogP contribution in [0.25, 0.3) is 0 Å².